The average molecular weight is 299 g/mol. The second-order valence-corrected chi connectivity index (χ2v) is 5.17. The van der Waals surface area contributed by atoms with E-state index < -0.39 is 0 Å². The number of aromatic nitrogens is 1. The van der Waals surface area contributed by atoms with Gasteiger partial charge < -0.3 is 9.73 Å². The van der Waals surface area contributed by atoms with Gasteiger partial charge in [-0.25, -0.2) is 0 Å². The molecule has 2 heterocycles. The van der Waals surface area contributed by atoms with Crippen LogP contribution in [0.25, 0.3) is 11.3 Å². The van der Waals surface area contributed by atoms with Crippen LogP contribution in [0, 0.1) is 0 Å². The highest BCUT2D eigenvalue weighted by atomic mass is 35.5. The third-order valence-corrected chi connectivity index (χ3v) is 3.39. The predicted octanol–water partition coefficient (Wildman–Crippen LogP) is 4.28. The zero-order chi connectivity index (χ0) is 14.5. The minimum absolute atomic E-state index is 0.683. The minimum atomic E-state index is 0.683. The molecule has 3 rings (SSSR count). The molecule has 0 atom stereocenters. The molecular formula is C17H15ClN2O. The topological polar surface area (TPSA) is 38.1 Å². The smallest absolute Gasteiger partial charge is 0.134 e. The molecule has 1 N–H and O–H groups in total. The first-order valence-electron chi connectivity index (χ1n) is 6.75. The van der Waals surface area contributed by atoms with Crippen LogP contribution < -0.4 is 5.32 Å². The largest absolute Gasteiger partial charge is 0.460 e. The Morgan fingerprint density at radius 1 is 1.00 bits per heavy atom. The zero-order valence-electron chi connectivity index (χ0n) is 11.4. The Labute approximate surface area is 128 Å². The van der Waals surface area contributed by atoms with Crippen LogP contribution in [-0.4, -0.2) is 4.98 Å². The zero-order valence-corrected chi connectivity index (χ0v) is 12.2. The maximum Gasteiger partial charge on any atom is 0.134 e. The SMILES string of the molecule is Clc1ccc(-c2ccc(CNCc3cccnc3)o2)cc1. The van der Waals surface area contributed by atoms with Gasteiger partial charge in [0.05, 0.1) is 6.54 Å². The Morgan fingerprint density at radius 2 is 1.86 bits per heavy atom. The van der Waals surface area contributed by atoms with Gasteiger partial charge in [0, 0.05) is 29.5 Å². The van der Waals surface area contributed by atoms with E-state index in [1.165, 1.54) is 0 Å². The highest BCUT2D eigenvalue weighted by Gasteiger charge is 2.04. The van der Waals surface area contributed by atoms with Gasteiger partial charge in [0.25, 0.3) is 0 Å². The van der Waals surface area contributed by atoms with Gasteiger partial charge in [0.2, 0.25) is 0 Å². The molecule has 0 saturated carbocycles. The highest BCUT2D eigenvalue weighted by molar-refractivity contribution is 6.30. The van der Waals surface area contributed by atoms with E-state index in [-0.39, 0.29) is 0 Å². The monoisotopic (exact) mass is 298 g/mol. The number of halogens is 1. The van der Waals surface area contributed by atoms with E-state index in [9.17, 15) is 0 Å². The second-order valence-electron chi connectivity index (χ2n) is 4.74. The molecule has 0 aliphatic carbocycles. The first-order valence-corrected chi connectivity index (χ1v) is 7.13. The van der Waals surface area contributed by atoms with Gasteiger partial charge >= 0.3 is 0 Å². The van der Waals surface area contributed by atoms with Gasteiger partial charge in [-0.1, -0.05) is 17.7 Å². The Balaban J connectivity index is 1.59. The first kappa shape index (κ1) is 13.9. The Bertz CT molecular complexity index is 692. The number of hydrogen-bond donors (Lipinski definition) is 1. The van der Waals surface area contributed by atoms with E-state index in [1.807, 2.05) is 54.7 Å². The standard InChI is InChI=1S/C17H15ClN2O/c18-15-5-3-14(4-6-15)17-8-7-16(21-17)12-20-11-13-2-1-9-19-10-13/h1-10,20H,11-12H2. The van der Waals surface area contributed by atoms with E-state index in [1.54, 1.807) is 6.20 Å². The van der Waals surface area contributed by atoms with E-state index >= 15 is 0 Å². The van der Waals surface area contributed by atoms with Gasteiger partial charge in [-0.3, -0.25) is 4.98 Å². The van der Waals surface area contributed by atoms with Crippen molar-refractivity contribution in [1.82, 2.24) is 10.3 Å². The van der Waals surface area contributed by atoms with Crippen LogP contribution in [0.5, 0.6) is 0 Å². The third kappa shape index (κ3) is 3.72. The van der Waals surface area contributed by atoms with Gasteiger partial charge in [-0.05, 0) is 48.0 Å². The summed E-state index contributed by atoms with van der Waals surface area (Å²) in [5, 5.41) is 4.06. The van der Waals surface area contributed by atoms with Crippen LogP contribution in [0.15, 0.2) is 65.3 Å². The fourth-order valence-corrected chi connectivity index (χ4v) is 2.20. The number of hydrogen-bond acceptors (Lipinski definition) is 3. The molecule has 0 bridgehead atoms. The molecule has 0 saturated heterocycles. The molecule has 2 aromatic heterocycles. The predicted molar refractivity (Wildman–Crippen MR) is 83.9 cm³/mol. The summed E-state index contributed by atoms with van der Waals surface area (Å²) in [4.78, 5) is 4.09. The van der Waals surface area contributed by atoms with E-state index in [4.69, 9.17) is 16.0 Å². The van der Waals surface area contributed by atoms with Crippen LogP contribution in [0.1, 0.15) is 11.3 Å². The van der Waals surface area contributed by atoms with Crippen molar-refractivity contribution in [2.24, 2.45) is 0 Å². The Morgan fingerprint density at radius 3 is 2.62 bits per heavy atom. The molecule has 1 aromatic carbocycles. The average Bonchev–Trinajstić information content (AvgIpc) is 2.98. The molecule has 0 amide bonds. The lowest BCUT2D eigenvalue weighted by Crippen LogP contribution is -2.12. The van der Waals surface area contributed by atoms with E-state index in [0.29, 0.717) is 6.54 Å². The van der Waals surface area contributed by atoms with Crippen molar-refractivity contribution in [3.63, 3.8) is 0 Å². The molecular weight excluding hydrogens is 284 g/mol. The van der Waals surface area contributed by atoms with Crippen molar-refractivity contribution in [3.8, 4) is 11.3 Å². The number of nitrogens with zero attached hydrogens (tertiary/aromatic N) is 1. The maximum absolute atomic E-state index is 5.89. The molecule has 4 heteroatoms. The molecule has 0 radical (unpaired) electrons. The summed E-state index contributed by atoms with van der Waals surface area (Å²) in [6, 6.07) is 15.6. The molecule has 3 nitrogen and oxygen atoms in total. The minimum Gasteiger partial charge on any atom is -0.460 e. The number of benzene rings is 1. The molecule has 0 aliphatic rings. The third-order valence-electron chi connectivity index (χ3n) is 3.14. The summed E-state index contributed by atoms with van der Waals surface area (Å²) >= 11 is 5.89. The van der Waals surface area contributed by atoms with Crippen molar-refractivity contribution >= 4 is 11.6 Å². The van der Waals surface area contributed by atoms with Crippen molar-refractivity contribution in [2.45, 2.75) is 13.1 Å². The summed E-state index contributed by atoms with van der Waals surface area (Å²) < 4.78 is 5.83. The van der Waals surface area contributed by atoms with Gasteiger partial charge in [0.1, 0.15) is 11.5 Å². The fourth-order valence-electron chi connectivity index (χ4n) is 2.07. The number of nitrogens with one attached hydrogen (secondary N) is 1. The van der Waals surface area contributed by atoms with Gasteiger partial charge in [-0.2, -0.15) is 0 Å². The summed E-state index contributed by atoms with van der Waals surface area (Å²) in [7, 11) is 0. The highest BCUT2D eigenvalue weighted by Crippen LogP contribution is 2.23. The van der Waals surface area contributed by atoms with Crippen LogP contribution in [0.2, 0.25) is 5.02 Å². The molecule has 0 aliphatic heterocycles. The van der Waals surface area contributed by atoms with E-state index in [0.717, 1.165) is 34.2 Å². The lowest BCUT2D eigenvalue weighted by Gasteiger charge is -2.02. The molecule has 0 fully saturated rings. The van der Waals surface area contributed by atoms with Crippen LogP contribution in [0.3, 0.4) is 0 Å². The molecule has 3 aromatic rings. The van der Waals surface area contributed by atoms with Crippen molar-refractivity contribution in [3.05, 3.63) is 77.3 Å². The summed E-state index contributed by atoms with van der Waals surface area (Å²) in [6.07, 6.45) is 3.63. The summed E-state index contributed by atoms with van der Waals surface area (Å²) in [5.74, 6) is 1.76. The summed E-state index contributed by atoms with van der Waals surface area (Å²) in [5.41, 5.74) is 2.18. The lowest BCUT2D eigenvalue weighted by atomic mass is 10.2. The Kier molecular flexibility index (Phi) is 4.34. The fraction of sp³-hybridized carbons (Fsp3) is 0.118. The molecule has 0 unspecified atom stereocenters. The number of furan rings is 1. The first-order chi connectivity index (χ1) is 10.3. The van der Waals surface area contributed by atoms with Gasteiger partial charge in [0.15, 0.2) is 0 Å². The normalized spacial score (nSPS) is 10.7. The quantitative estimate of drug-likeness (QED) is 0.764. The van der Waals surface area contributed by atoms with Crippen LogP contribution in [0.4, 0.5) is 0 Å². The molecule has 0 spiro atoms. The maximum atomic E-state index is 5.89. The van der Waals surface area contributed by atoms with Crippen molar-refractivity contribution in [2.75, 3.05) is 0 Å². The number of pyridine rings is 1. The van der Waals surface area contributed by atoms with Crippen molar-refractivity contribution in [1.29, 1.82) is 0 Å². The van der Waals surface area contributed by atoms with Crippen molar-refractivity contribution < 1.29 is 4.42 Å². The van der Waals surface area contributed by atoms with Gasteiger partial charge in [-0.15, -0.1) is 0 Å². The number of rotatable bonds is 5. The summed E-state index contributed by atoms with van der Waals surface area (Å²) in [6.45, 7) is 1.45. The second kappa shape index (κ2) is 6.57. The van der Waals surface area contributed by atoms with Crippen LogP contribution in [-0.2, 0) is 13.1 Å². The molecule has 106 valence electrons. The Hall–Kier alpha value is -2.10. The lowest BCUT2D eigenvalue weighted by molar-refractivity contribution is 0.493. The van der Waals surface area contributed by atoms with Crippen LogP contribution >= 0.6 is 11.6 Å². The molecule has 21 heavy (non-hydrogen) atoms. The van der Waals surface area contributed by atoms with E-state index in [2.05, 4.69) is 10.3 Å².